The first-order valence-corrected chi connectivity index (χ1v) is 6.59. The highest BCUT2D eigenvalue weighted by Gasteiger charge is 2.15. The minimum Gasteiger partial charge on any atom is -0.475 e. The Bertz CT molecular complexity index is 595. The minimum atomic E-state index is -1.12. The largest absolute Gasteiger partial charge is 0.475 e. The van der Waals surface area contributed by atoms with E-state index in [4.69, 9.17) is 9.52 Å². The van der Waals surface area contributed by atoms with Gasteiger partial charge in [-0.1, -0.05) is 38.2 Å². The molecule has 0 aromatic carbocycles. The monoisotopic (exact) mass is 291 g/mol. The van der Waals surface area contributed by atoms with Crippen molar-refractivity contribution in [3.63, 3.8) is 0 Å². The zero-order valence-electron chi connectivity index (χ0n) is 11.9. The van der Waals surface area contributed by atoms with E-state index in [2.05, 4.69) is 0 Å². The van der Waals surface area contributed by atoms with Gasteiger partial charge in [-0.15, -0.1) is 0 Å². The van der Waals surface area contributed by atoms with Crippen LogP contribution in [0.15, 0.2) is 52.6 Å². The minimum absolute atomic E-state index is 0.108. The molecule has 1 unspecified atom stereocenters. The van der Waals surface area contributed by atoms with Gasteiger partial charge in [-0.3, -0.25) is 10.1 Å². The Labute approximate surface area is 122 Å². The Morgan fingerprint density at radius 3 is 2.67 bits per heavy atom. The molecule has 0 saturated heterocycles. The number of nitrogens with zero attached hydrogens (tertiary/aromatic N) is 1. The maximum Gasteiger partial charge on any atom is 0.371 e. The molecule has 112 valence electrons. The van der Waals surface area contributed by atoms with Gasteiger partial charge in [0.2, 0.25) is 11.5 Å². The Kier molecular flexibility index (Phi) is 6.13. The average molecular weight is 291 g/mol. The normalized spacial score (nSPS) is 21.0. The van der Waals surface area contributed by atoms with Crippen molar-refractivity contribution in [3.05, 3.63) is 69.8 Å². The van der Waals surface area contributed by atoms with Gasteiger partial charge in [0.25, 0.3) is 0 Å². The molecular weight excluding hydrogens is 274 g/mol. The fourth-order valence-electron chi connectivity index (χ4n) is 1.73. The van der Waals surface area contributed by atoms with Gasteiger partial charge in [0.05, 0.1) is 17.3 Å². The highest BCUT2D eigenvalue weighted by molar-refractivity contribution is 5.84. The SMILES string of the molecule is CC.O=C(O)c1ccc(C2C=C/C=C(/[N+](=O)[O-])C/C=C\2)o1. The molecule has 6 nitrogen and oxygen atoms in total. The maximum atomic E-state index is 10.7. The van der Waals surface area contributed by atoms with Crippen LogP contribution >= 0.6 is 0 Å². The third-order valence-corrected chi connectivity index (χ3v) is 2.68. The highest BCUT2D eigenvalue weighted by atomic mass is 16.6. The van der Waals surface area contributed by atoms with Crippen LogP contribution < -0.4 is 0 Å². The van der Waals surface area contributed by atoms with Gasteiger partial charge < -0.3 is 9.52 Å². The van der Waals surface area contributed by atoms with E-state index in [1.54, 1.807) is 30.4 Å². The van der Waals surface area contributed by atoms with Crippen LogP contribution in [-0.2, 0) is 0 Å². The van der Waals surface area contributed by atoms with Gasteiger partial charge in [0, 0.05) is 6.08 Å². The van der Waals surface area contributed by atoms with Crippen molar-refractivity contribution >= 4 is 5.97 Å². The van der Waals surface area contributed by atoms with E-state index in [0.29, 0.717) is 5.76 Å². The lowest BCUT2D eigenvalue weighted by Crippen LogP contribution is -1.99. The molecule has 0 amide bonds. The van der Waals surface area contributed by atoms with Crippen LogP contribution in [0.1, 0.15) is 42.5 Å². The number of carboxylic acid groups (broad SMARTS) is 1. The number of allylic oxidation sites excluding steroid dienone is 5. The summed E-state index contributed by atoms with van der Waals surface area (Å²) >= 11 is 0. The highest BCUT2D eigenvalue weighted by Crippen LogP contribution is 2.24. The Hall–Kier alpha value is -2.63. The van der Waals surface area contributed by atoms with E-state index >= 15 is 0 Å². The number of aromatic carboxylic acids is 1. The lowest BCUT2D eigenvalue weighted by Gasteiger charge is -2.05. The first-order valence-electron chi connectivity index (χ1n) is 6.59. The summed E-state index contributed by atoms with van der Waals surface area (Å²) < 4.78 is 5.20. The van der Waals surface area contributed by atoms with Crippen LogP contribution in [0.4, 0.5) is 0 Å². The molecule has 0 aliphatic heterocycles. The number of carboxylic acids is 1. The van der Waals surface area contributed by atoms with Crippen LogP contribution in [0.5, 0.6) is 0 Å². The molecular formula is C15H17NO5. The molecule has 2 rings (SSSR count). The topological polar surface area (TPSA) is 93.6 Å². The molecule has 0 bridgehead atoms. The first-order chi connectivity index (χ1) is 10.1. The van der Waals surface area contributed by atoms with Crippen LogP contribution in [0, 0.1) is 10.1 Å². The summed E-state index contributed by atoms with van der Waals surface area (Å²) in [6.07, 6.45) is 8.36. The van der Waals surface area contributed by atoms with Crippen molar-refractivity contribution in [3.8, 4) is 0 Å². The molecule has 1 N–H and O–H groups in total. The second-order valence-corrected chi connectivity index (χ2v) is 3.97. The lowest BCUT2D eigenvalue weighted by molar-refractivity contribution is -0.426. The van der Waals surface area contributed by atoms with Crippen LogP contribution in [0.2, 0.25) is 0 Å². The molecule has 1 heterocycles. The molecule has 1 aromatic heterocycles. The molecule has 0 fully saturated rings. The van der Waals surface area contributed by atoms with Crippen molar-refractivity contribution in [1.29, 1.82) is 0 Å². The summed E-state index contributed by atoms with van der Waals surface area (Å²) in [5, 5.41) is 19.4. The third-order valence-electron chi connectivity index (χ3n) is 2.68. The van der Waals surface area contributed by atoms with E-state index in [9.17, 15) is 14.9 Å². The summed E-state index contributed by atoms with van der Waals surface area (Å²) in [4.78, 5) is 20.9. The summed E-state index contributed by atoms with van der Waals surface area (Å²) in [7, 11) is 0. The first kappa shape index (κ1) is 16.4. The molecule has 21 heavy (non-hydrogen) atoms. The van der Waals surface area contributed by atoms with Gasteiger partial charge in [0.1, 0.15) is 5.76 Å². The average Bonchev–Trinajstić information content (AvgIpc) is 2.90. The molecule has 0 radical (unpaired) electrons. The lowest BCUT2D eigenvalue weighted by atomic mass is 10.0. The zero-order chi connectivity index (χ0) is 15.8. The number of hydrogen-bond acceptors (Lipinski definition) is 4. The summed E-state index contributed by atoms with van der Waals surface area (Å²) in [5.41, 5.74) is 0.108. The quantitative estimate of drug-likeness (QED) is 0.520. The van der Waals surface area contributed by atoms with Gasteiger partial charge in [-0.2, -0.15) is 0 Å². The van der Waals surface area contributed by atoms with Gasteiger partial charge in [0.15, 0.2) is 0 Å². The standard InChI is InChI=1S/C13H11NO5.C2H6/c15-13(16)12-8-7-11(19-12)9-3-1-5-10(14(17)18)6-2-4-9;1-2/h1-5,7-9H,6H2,(H,15,16);1-2H3/b3-1?,4-2-,10-5+;. The molecule has 1 aliphatic carbocycles. The van der Waals surface area contributed by atoms with E-state index in [0.717, 1.165) is 0 Å². The Balaban J connectivity index is 0.00000106. The maximum absolute atomic E-state index is 10.7. The molecule has 0 saturated carbocycles. The number of furan rings is 1. The third kappa shape index (κ3) is 4.45. The summed E-state index contributed by atoms with van der Waals surface area (Å²) in [6, 6.07) is 2.97. The van der Waals surface area contributed by atoms with Gasteiger partial charge >= 0.3 is 5.97 Å². The van der Waals surface area contributed by atoms with Crippen molar-refractivity contribution < 1.29 is 19.2 Å². The van der Waals surface area contributed by atoms with Crippen LogP contribution in [-0.4, -0.2) is 16.0 Å². The van der Waals surface area contributed by atoms with Crippen molar-refractivity contribution in [2.24, 2.45) is 0 Å². The molecule has 6 heteroatoms. The van der Waals surface area contributed by atoms with Crippen molar-refractivity contribution in [1.82, 2.24) is 0 Å². The fourth-order valence-corrected chi connectivity index (χ4v) is 1.73. The molecule has 0 spiro atoms. The second-order valence-electron chi connectivity index (χ2n) is 3.97. The Morgan fingerprint density at radius 1 is 1.38 bits per heavy atom. The molecule has 1 aliphatic rings. The van der Waals surface area contributed by atoms with Gasteiger partial charge in [-0.05, 0) is 12.1 Å². The van der Waals surface area contributed by atoms with Crippen molar-refractivity contribution in [2.75, 3.05) is 0 Å². The van der Waals surface area contributed by atoms with Gasteiger partial charge in [-0.25, -0.2) is 4.79 Å². The summed E-state index contributed by atoms with van der Waals surface area (Å²) in [6.45, 7) is 4.00. The van der Waals surface area contributed by atoms with E-state index in [1.807, 2.05) is 13.8 Å². The predicted octanol–water partition coefficient (Wildman–Crippen LogP) is 3.76. The number of carbonyl (C=O) groups is 1. The summed E-state index contributed by atoms with van der Waals surface area (Å²) in [5.74, 6) is -0.985. The van der Waals surface area contributed by atoms with E-state index in [-0.39, 0.29) is 23.8 Å². The van der Waals surface area contributed by atoms with Crippen LogP contribution in [0.3, 0.4) is 0 Å². The fraction of sp³-hybridized carbons (Fsp3) is 0.267. The smallest absolute Gasteiger partial charge is 0.371 e. The number of rotatable bonds is 3. The molecule has 1 atom stereocenters. The predicted molar refractivity (Wildman–Crippen MR) is 77.7 cm³/mol. The van der Waals surface area contributed by atoms with E-state index < -0.39 is 10.9 Å². The van der Waals surface area contributed by atoms with Crippen LogP contribution in [0.25, 0.3) is 0 Å². The zero-order valence-corrected chi connectivity index (χ0v) is 11.9. The number of nitro groups is 1. The van der Waals surface area contributed by atoms with Crippen molar-refractivity contribution in [2.45, 2.75) is 26.2 Å². The Morgan fingerprint density at radius 2 is 2.10 bits per heavy atom. The number of hydrogen-bond donors (Lipinski definition) is 1. The second kappa shape index (κ2) is 7.84. The van der Waals surface area contributed by atoms with E-state index in [1.165, 1.54) is 12.1 Å². The molecule has 1 aromatic rings.